The van der Waals surface area contributed by atoms with Crippen LogP contribution >= 0.6 is 0 Å². The maximum atomic E-state index is 13.5. The summed E-state index contributed by atoms with van der Waals surface area (Å²) in [6.45, 7) is 1.27. The second kappa shape index (κ2) is 3.27. The van der Waals surface area contributed by atoms with E-state index < -0.39 is 12.0 Å². The lowest BCUT2D eigenvalue weighted by atomic mass is 10.0. The molecular formula is C10H10F2N2O. The molecule has 3 nitrogen and oxygen atoms in total. The van der Waals surface area contributed by atoms with Crippen molar-refractivity contribution in [1.82, 2.24) is 4.98 Å². The number of alkyl halides is 2. The van der Waals surface area contributed by atoms with Crippen molar-refractivity contribution < 1.29 is 13.2 Å². The van der Waals surface area contributed by atoms with Gasteiger partial charge < -0.3 is 10.2 Å². The van der Waals surface area contributed by atoms with Crippen molar-refractivity contribution in [3.05, 3.63) is 30.2 Å². The van der Waals surface area contributed by atoms with Crippen LogP contribution in [0.2, 0.25) is 0 Å². The van der Waals surface area contributed by atoms with Crippen molar-refractivity contribution in [3.8, 4) is 0 Å². The van der Waals surface area contributed by atoms with E-state index in [2.05, 4.69) is 4.98 Å². The first-order valence-corrected chi connectivity index (χ1v) is 4.49. The number of rotatable bonds is 2. The fraction of sp³-hybridized carbons (Fsp3) is 0.300. The summed E-state index contributed by atoms with van der Waals surface area (Å²) >= 11 is 0. The van der Waals surface area contributed by atoms with E-state index in [9.17, 15) is 8.78 Å². The van der Waals surface area contributed by atoms with Crippen molar-refractivity contribution in [3.63, 3.8) is 0 Å². The van der Waals surface area contributed by atoms with Crippen LogP contribution in [0.15, 0.2) is 29.0 Å². The van der Waals surface area contributed by atoms with Gasteiger partial charge in [-0.15, -0.1) is 0 Å². The molecule has 0 aliphatic carbocycles. The highest BCUT2D eigenvalue weighted by molar-refractivity contribution is 5.73. The molecule has 1 atom stereocenters. The third-order valence-electron chi connectivity index (χ3n) is 2.29. The molecule has 0 saturated carbocycles. The van der Waals surface area contributed by atoms with Crippen molar-refractivity contribution >= 4 is 11.1 Å². The Balaban J connectivity index is 2.52. The molecule has 1 aromatic carbocycles. The third kappa shape index (κ3) is 1.59. The molecule has 80 valence electrons. The van der Waals surface area contributed by atoms with Gasteiger partial charge in [0.1, 0.15) is 5.52 Å². The second-order valence-corrected chi connectivity index (χ2v) is 3.45. The largest absolute Gasteiger partial charge is 0.443 e. The van der Waals surface area contributed by atoms with Gasteiger partial charge in [-0.25, -0.2) is 4.98 Å². The normalized spacial score (nSPS) is 14.4. The highest BCUT2D eigenvalue weighted by Gasteiger charge is 2.36. The standard InChI is InChI=1S/C10H10F2N2O/c1-6(13)10(11,12)7-2-3-8-9(4-7)15-5-14-8/h2-6H,13H2,1H3. The molecule has 1 heterocycles. The number of fused-ring (bicyclic) bond motifs is 1. The van der Waals surface area contributed by atoms with Crippen LogP contribution in [0.3, 0.4) is 0 Å². The predicted octanol–water partition coefficient (Wildman–Crippen LogP) is 2.27. The van der Waals surface area contributed by atoms with E-state index in [1.807, 2.05) is 0 Å². The van der Waals surface area contributed by atoms with Crippen LogP contribution in [0.4, 0.5) is 8.78 Å². The Labute approximate surface area is 84.9 Å². The first-order chi connectivity index (χ1) is 7.01. The minimum atomic E-state index is -3.05. The van der Waals surface area contributed by atoms with Gasteiger partial charge in [0, 0.05) is 5.56 Å². The van der Waals surface area contributed by atoms with E-state index in [0.29, 0.717) is 11.1 Å². The summed E-state index contributed by atoms with van der Waals surface area (Å²) in [4.78, 5) is 3.84. The zero-order valence-corrected chi connectivity index (χ0v) is 8.08. The molecule has 0 spiro atoms. The lowest BCUT2D eigenvalue weighted by Crippen LogP contribution is -2.35. The van der Waals surface area contributed by atoms with Gasteiger partial charge >= 0.3 is 0 Å². The molecule has 15 heavy (non-hydrogen) atoms. The van der Waals surface area contributed by atoms with Crippen LogP contribution in [0.25, 0.3) is 11.1 Å². The Hall–Kier alpha value is -1.49. The molecule has 2 rings (SSSR count). The van der Waals surface area contributed by atoms with E-state index >= 15 is 0 Å². The first kappa shape index (κ1) is 10.0. The second-order valence-electron chi connectivity index (χ2n) is 3.45. The Kier molecular flexibility index (Phi) is 2.19. The first-order valence-electron chi connectivity index (χ1n) is 4.49. The Bertz CT molecular complexity index is 479. The van der Waals surface area contributed by atoms with E-state index in [1.54, 1.807) is 0 Å². The van der Waals surface area contributed by atoms with Crippen molar-refractivity contribution in [2.45, 2.75) is 18.9 Å². The summed E-state index contributed by atoms with van der Waals surface area (Å²) in [5.41, 5.74) is 5.97. The minimum Gasteiger partial charge on any atom is -0.443 e. The van der Waals surface area contributed by atoms with Gasteiger partial charge in [-0.3, -0.25) is 0 Å². The lowest BCUT2D eigenvalue weighted by molar-refractivity contribution is -0.0255. The summed E-state index contributed by atoms with van der Waals surface area (Å²) in [6.07, 6.45) is 1.22. The average molecular weight is 212 g/mol. The van der Waals surface area contributed by atoms with E-state index in [1.165, 1.54) is 31.5 Å². The van der Waals surface area contributed by atoms with E-state index in [0.717, 1.165) is 0 Å². The van der Waals surface area contributed by atoms with E-state index in [4.69, 9.17) is 10.2 Å². The SMILES string of the molecule is CC(N)C(F)(F)c1ccc2ncoc2c1. The number of benzene rings is 1. The molecule has 0 fully saturated rings. The number of nitrogens with zero attached hydrogens (tertiary/aromatic N) is 1. The van der Waals surface area contributed by atoms with Gasteiger partial charge in [0.05, 0.1) is 6.04 Å². The van der Waals surface area contributed by atoms with Crippen molar-refractivity contribution in [2.24, 2.45) is 5.73 Å². The van der Waals surface area contributed by atoms with Crippen LogP contribution in [-0.2, 0) is 5.92 Å². The molecule has 0 amide bonds. The van der Waals surface area contributed by atoms with Gasteiger partial charge in [0.15, 0.2) is 12.0 Å². The van der Waals surface area contributed by atoms with Gasteiger partial charge in [-0.2, -0.15) is 8.78 Å². The minimum absolute atomic E-state index is 0.151. The number of hydrogen-bond acceptors (Lipinski definition) is 3. The topological polar surface area (TPSA) is 52.0 Å². The molecule has 0 bridgehead atoms. The highest BCUT2D eigenvalue weighted by atomic mass is 19.3. The quantitative estimate of drug-likeness (QED) is 0.830. The van der Waals surface area contributed by atoms with Crippen LogP contribution < -0.4 is 5.73 Å². The summed E-state index contributed by atoms with van der Waals surface area (Å²) in [6, 6.07) is 2.84. The number of hydrogen-bond donors (Lipinski definition) is 1. The van der Waals surface area contributed by atoms with E-state index in [-0.39, 0.29) is 5.56 Å². The fourth-order valence-corrected chi connectivity index (χ4v) is 1.33. The molecule has 2 N–H and O–H groups in total. The maximum absolute atomic E-state index is 13.5. The number of aromatic nitrogens is 1. The monoisotopic (exact) mass is 212 g/mol. The Morgan fingerprint density at radius 1 is 1.47 bits per heavy atom. The van der Waals surface area contributed by atoms with Crippen LogP contribution in [-0.4, -0.2) is 11.0 Å². The van der Waals surface area contributed by atoms with Crippen LogP contribution in [0.1, 0.15) is 12.5 Å². The van der Waals surface area contributed by atoms with Crippen molar-refractivity contribution in [2.75, 3.05) is 0 Å². The Morgan fingerprint density at radius 2 is 2.20 bits per heavy atom. The molecular weight excluding hydrogens is 202 g/mol. The van der Waals surface area contributed by atoms with Crippen LogP contribution in [0, 0.1) is 0 Å². The summed E-state index contributed by atoms with van der Waals surface area (Å²) in [7, 11) is 0. The molecule has 2 aromatic rings. The van der Waals surface area contributed by atoms with Gasteiger partial charge in [-0.05, 0) is 19.1 Å². The average Bonchev–Trinajstić information content (AvgIpc) is 2.63. The molecule has 0 radical (unpaired) electrons. The molecule has 1 aromatic heterocycles. The van der Waals surface area contributed by atoms with Gasteiger partial charge in [0.25, 0.3) is 5.92 Å². The number of nitrogens with two attached hydrogens (primary N) is 1. The highest BCUT2D eigenvalue weighted by Crippen LogP contribution is 2.32. The number of oxazole rings is 1. The summed E-state index contributed by atoms with van der Waals surface area (Å²) < 4.78 is 32.0. The molecule has 1 unspecified atom stereocenters. The van der Waals surface area contributed by atoms with Gasteiger partial charge in [-0.1, -0.05) is 6.07 Å². The third-order valence-corrected chi connectivity index (χ3v) is 2.29. The summed E-state index contributed by atoms with van der Waals surface area (Å²) in [5, 5.41) is 0. The number of halogens is 2. The smallest absolute Gasteiger partial charge is 0.287 e. The maximum Gasteiger partial charge on any atom is 0.287 e. The van der Waals surface area contributed by atoms with Crippen LogP contribution in [0.5, 0.6) is 0 Å². The van der Waals surface area contributed by atoms with Crippen molar-refractivity contribution in [1.29, 1.82) is 0 Å². The van der Waals surface area contributed by atoms with Gasteiger partial charge in [0.2, 0.25) is 0 Å². The zero-order chi connectivity index (χ0) is 11.1. The molecule has 0 aliphatic rings. The fourth-order valence-electron chi connectivity index (χ4n) is 1.33. The zero-order valence-electron chi connectivity index (χ0n) is 8.08. The summed E-state index contributed by atoms with van der Waals surface area (Å²) in [5.74, 6) is -3.05. The molecule has 0 saturated heterocycles. The lowest BCUT2D eigenvalue weighted by Gasteiger charge is -2.20. The Morgan fingerprint density at radius 3 is 2.87 bits per heavy atom. The molecule has 5 heteroatoms. The molecule has 0 aliphatic heterocycles. The predicted molar refractivity (Wildman–Crippen MR) is 51.6 cm³/mol.